The molecule has 0 radical (unpaired) electrons. The van der Waals surface area contributed by atoms with E-state index in [0.717, 1.165) is 19.3 Å². The van der Waals surface area contributed by atoms with Crippen molar-refractivity contribution in [1.82, 2.24) is 4.90 Å². The van der Waals surface area contributed by atoms with Gasteiger partial charge in [0.2, 0.25) is 0 Å². The van der Waals surface area contributed by atoms with Gasteiger partial charge in [-0.3, -0.25) is 0 Å². The van der Waals surface area contributed by atoms with E-state index in [1.165, 1.54) is 6.42 Å². The highest BCUT2D eigenvalue weighted by Crippen LogP contribution is 2.66. The van der Waals surface area contributed by atoms with Crippen molar-refractivity contribution in [3.63, 3.8) is 0 Å². The molecule has 3 fully saturated rings. The maximum absolute atomic E-state index is 12.2. The van der Waals surface area contributed by atoms with Gasteiger partial charge in [0.1, 0.15) is 5.60 Å². The van der Waals surface area contributed by atoms with Gasteiger partial charge in [-0.25, -0.2) is 4.79 Å². The second-order valence-electron chi connectivity index (χ2n) is 7.18. The van der Waals surface area contributed by atoms with E-state index in [0.29, 0.717) is 23.4 Å². The second-order valence-corrected chi connectivity index (χ2v) is 7.18. The first kappa shape index (κ1) is 12.3. The first-order valence-corrected chi connectivity index (χ1v) is 6.99. The Labute approximate surface area is 108 Å². The number of aliphatic hydroxyl groups is 1. The van der Waals surface area contributed by atoms with Crippen LogP contribution in [0.5, 0.6) is 0 Å². The summed E-state index contributed by atoms with van der Waals surface area (Å²) in [6.07, 6.45) is 4.21. The van der Waals surface area contributed by atoms with Gasteiger partial charge in [0.05, 0.1) is 0 Å². The molecule has 1 spiro atoms. The Bertz CT molecular complexity index is 376. The first-order valence-electron chi connectivity index (χ1n) is 6.99. The highest BCUT2D eigenvalue weighted by Gasteiger charge is 2.70. The van der Waals surface area contributed by atoms with Crippen molar-refractivity contribution in [3.05, 3.63) is 0 Å². The molecule has 2 saturated carbocycles. The molecule has 4 unspecified atom stereocenters. The molecule has 0 bridgehead atoms. The van der Waals surface area contributed by atoms with Crippen LogP contribution in [0.4, 0.5) is 4.79 Å². The molecule has 4 atom stereocenters. The van der Waals surface area contributed by atoms with Crippen LogP contribution >= 0.6 is 0 Å². The number of piperidine rings is 1. The molecule has 1 heterocycles. The minimum Gasteiger partial charge on any atom is -0.444 e. The number of rotatable bonds is 1. The van der Waals surface area contributed by atoms with Crippen LogP contribution in [0.3, 0.4) is 0 Å². The Hall–Kier alpha value is -0.770. The summed E-state index contributed by atoms with van der Waals surface area (Å²) in [5.41, 5.74) is -0.0850. The summed E-state index contributed by atoms with van der Waals surface area (Å²) in [6, 6.07) is 0.706. The number of nitrogens with zero attached hydrogens (tertiary/aromatic N) is 1. The van der Waals surface area contributed by atoms with E-state index in [4.69, 9.17) is 4.74 Å². The summed E-state index contributed by atoms with van der Waals surface area (Å²) >= 11 is 0. The lowest BCUT2D eigenvalue weighted by Crippen LogP contribution is -2.76. The third-order valence-corrected chi connectivity index (χ3v) is 4.97. The standard InChI is InChI=1S/C14H23NO3/c1-13(2,3)18-12(17)15-10-4-5-14(10)7-9(8-16)6-11(14)15/h9-11,16H,4-8H2,1-3H3. The zero-order chi connectivity index (χ0) is 13.1. The Kier molecular flexibility index (Phi) is 2.47. The highest BCUT2D eigenvalue weighted by molar-refractivity contribution is 5.71. The summed E-state index contributed by atoms with van der Waals surface area (Å²) in [7, 11) is 0. The van der Waals surface area contributed by atoms with Crippen molar-refractivity contribution in [2.24, 2.45) is 11.3 Å². The normalized spacial score (nSPS) is 41.6. The van der Waals surface area contributed by atoms with Gasteiger partial charge in [-0.15, -0.1) is 0 Å². The fourth-order valence-corrected chi connectivity index (χ4v) is 4.23. The van der Waals surface area contributed by atoms with Crippen molar-refractivity contribution >= 4 is 6.09 Å². The molecule has 0 aromatic rings. The van der Waals surface area contributed by atoms with Crippen LogP contribution in [-0.2, 0) is 4.74 Å². The van der Waals surface area contributed by atoms with Crippen LogP contribution in [0.2, 0.25) is 0 Å². The van der Waals surface area contributed by atoms with Crippen LogP contribution in [-0.4, -0.2) is 40.4 Å². The topological polar surface area (TPSA) is 49.8 Å². The Morgan fingerprint density at radius 2 is 2.17 bits per heavy atom. The van der Waals surface area contributed by atoms with E-state index in [-0.39, 0.29) is 12.7 Å². The van der Waals surface area contributed by atoms with Gasteiger partial charge < -0.3 is 14.7 Å². The van der Waals surface area contributed by atoms with Crippen molar-refractivity contribution in [2.45, 2.75) is 64.1 Å². The fourth-order valence-electron chi connectivity index (χ4n) is 4.23. The van der Waals surface area contributed by atoms with Crippen molar-refractivity contribution in [1.29, 1.82) is 0 Å². The van der Waals surface area contributed by atoms with Gasteiger partial charge in [0.25, 0.3) is 0 Å². The Morgan fingerprint density at radius 3 is 2.67 bits per heavy atom. The molecule has 102 valence electrons. The van der Waals surface area contributed by atoms with E-state index < -0.39 is 5.60 Å². The van der Waals surface area contributed by atoms with Crippen molar-refractivity contribution in [2.75, 3.05) is 6.61 Å². The number of amides is 1. The van der Waals surface area contributed by atoms with Gasteiger partial charge in [0, 0.05) is 24.1 Å². The van der Waals surface area contributed by atoms with E-state index >= 15 is 0 Å². The molecule has 4 nitrogen and oxygen atoms in total. The van der Waals surface area contributed by atoms with Crippen LogP contribution in [0, 0.1) is 11.3 Å². The number of carbonyl (C=O) groups is 1. The smallest absolute Gasteiger partial charge is 0.410 e. The first-order chi connectivity index (χ1) is 8.37. The average molecular weight is 253 g/mol. The summed E-state index contributed by atoms with van der Waals surface area (Å²) in [5, 5.41) is 9.33. The summed E-state index contributed by atoms with van der Waals surface area (Å²) in [6.45, 7) is 5.98. The minimum absolute atomic E-state index is 0.161. The van der Waals surface area contributed by atoms with E-state index in [1.807, 2.05) is 25.7 Å². The average Bonchev–Trinajstić information content (AvgIpc) is 2.60. The zero-order valence-electron chi connectivity index (χ0n) is 11.5. The van der Waals surface area contributed by atoms with Crippen LogP contribution in [0.1, 0.15) is 46.5 Å². The number of carbonyl (C=O) groups excluding carboxylic acids is 1. The van der Waals surface area contributed by atoms with Crippen LogP contribution < -0.4 is 0 Å². The van der Waals surface area contributed by atoms with Gasteiger partial charge in [-0.2, -0.15) is 0 Å². The molecule has 3 rings (SSSR count). The number of likely N-dealkylation sites (tertiary alicyclic amines) is 1. The van der Waals surface area contributed by atoms with Crippen molar-refractivity contribution in [3.8, 4) is 0 Å². The maximum Gasteiger partial charge on any atom is 0.410 e. The van der Waals surface area contributed by atoms with Gasteiger partial charge in [-0.1, -0.05) is 0 Å². The molecular weight excluding hydrogens is 230 g/mol. The lowest BCUT2D eigenvalue weighted by Gasteiger charge is -2.67. The second kappa shape index (κ2) is 3.62. The molecule has 18 heavy (non-hydrogen) atoms. The van der Waals surface area contributed by atoms with Crippen LogP contribution in [0.15, 0.2) is 0 Å². The van der Waals surface area contributed by atoms with Gasteiger partial charge in [-0.05, 0) is 52.4 Å². The molecule has 1 N–H and O–H groups in total. The number of hydrogen-bond donors (Lipinski definition) is 1. The molecular formula is C14H23NO3. The molecule has 0 aromatic carbocycles. The summed E-state index contributed by atoms with van der Waals surface area (Å²) < 4.78 is 5.49. The predicted molar refractivity (Wildman–Crippen MR) is 67.1 cm³/mol. The molecule has 2 aliphatic carbocycles. The molecule has 0 aromatic heterocycles. The quantitative estimate of drug-likeness (QED) is 0.779. The SMILES string of the molecule is CC(C)(C)OC(=O)N1C2CCC23CC(CO)CC13. The number of hydrogen-bond acceptors (Lipinski definition) is 3. The lowest BCUT2D eigenvalue weighted by molar-refractivity contribution is -0.175. The van der Waals surface area contributed by atoms with Gasteiger partial charge in [0.15, 0.2) is 0 Å². The van der Waals surface area contributed by atoms with E-state index in [2.05, 4.69) is 0 Å². The summed E-state index contributed by atoms with van der Waals surface area (Å²) in [4.78, 5) is 14.2. The largest absolute Gasteiger partial charge is 0.444 e. The molecule has 1 amide bonds. The molecule has 3 aliphatic rings. The maximum atomic E-state index is 12.2. The summed E-state index contributed by atoms with van der Waals surface area (Å²) in [5.74, 6) is 0.380. The fraction of sp³-hybridized carbons (Fsp3) is 0.929. The van der Waals surface area contributed by atoms with E-state index in [9.17, 15) is 9.90 Å². The number of ether oxygens (including phenoxy) is 1. The predicted octanol–water partition coefficient (Wildman–Crippen LogP) is 2.16. The number of aliphatic hydroxyl groups excluding tert-OH is 1. The Morgan fingerprint density at radius 1 is 1.44 bits per heavy atom. The molecule has 1 saturated heterocycles. The van der Waals surface area contributed by atoms with Crippen LogP contribution in [0.25, 0.3) is 0 Å². The monoisotopic (exact) mass is 253 g/mol. The zero-order valence-corrected chi connectivity index (χ0v) is 11.5. The Balaban J connectivity index is 1.71. The molecule has 1 aliphatic heterocycles. The van der Waals surface area contributed by atoms with E-state index in [1.54, 1.807) is 0 Å². The highest BCUT2D eigenvalue weighted by atomic mass is 16.6. The molecule has 4 heteroatoms. The van der Waals surface area contributed by atoms with Gasteiger partial charge >= 0.3 is 6.09 Å². The lowest BCUT2D eigenvalue weighted by atomic mass is 9.53. The van der Waals surface area contributed by atoms with Crippen molar-refractivity contribution < 1.29 is 14.6 Å². The third-order valence-electron chi connectivity index (χ3n) is 4.97. The third kappa shape index (κ3) is 1.51. The minimum atomic E-state index is -0.423.